The second-order valence-corrected chi connectivity index (χ2v) is 8.09. The summed E-state index contributed by atoms with van der Waals surface area (Å²) in [5, 5.41) is 1.15. The predicted octanol–water partition coefficient (Wildman–Crippen LogP) is 7.05. The van der Waals surface area contributed by atoms with Crippen molar-refractivity contribution in [2.75, 3.05) is 13.1 Å². The second-order valence-electron chi connectivity index (χ2n) is 8.09. The van der Waals surface area contributed by atoms with Gasteiger partial charge in [0.05, 0.1) is 0 Å². The van der Waals surface area contributed by atoms with Gasteiger partial charge in [0.25, 0.3) is 0 Å². The van der Waals surface area contributed by atoms with Crippen LogP contribution in [0, 0.1) is 5.82 Å². The van der Waals surface area contributed by atoms with Gasteiger partial charge in [0.2, 0.25) is 0 Å². The van der Waals surface area contributed by atoms with Crippen molar-refractivity contribution in [3.63, 3.8) is 0 Å². The molecule has 0 atom stereocenters. The van der Waals surface area contributed by atoms with E-state index in [0.29, 0.717) is 5.92 Å². The average molecular weight is 401 g/mol. The zero-order valence-corrected chi connectivity index (χ0v) is 17.8. The fourth-order valence-corrected chi connectivity index (χ4v) is 4.62. The summed E-state index contributed by atoms with van der Waals surface area (Å²) < 4.78 is 13.5. The highest BCUT2D eigenvalue weighted by Gasteiger charge is 2.24. The molecule has 0 aliphatic carbocycles. The Morgan fingerprint density at radius 2 is 1.87 bits per heavy atom. The van der Waals surface area contributed by atoms with Crippen LogP contribution >= 0.6 is 0 Å². The molecule has 1 N–H and O–H groups in total. The number of aromatic amines is 1. The van der Waals surface area contributed by atoms with Crippen molar-refractivity contribution in [3.05, 3.63) is 102 Å². The molecule has 2 aromatic carbocycles. The summed E-state index contributed by atoms with van der Waals surface area (Å²) in [5.41, 5.74) is 6.92. The van der Waals surface area contributed by atoms with Crippen molar-refractivity contribution < 1.29 is 4.39 Å². The Bertz CT molecular complexity index is 1100. The van der Waals surface area contributed by atoms with Crippen molar-refractivity contribution in [1.29, 1.82) is 0 Å². The van der Waals surface area contributed by atoms with Crippen molar-refractivity contribution in [2.45, 2.75) is 32.6 Å². The third-order valence-electron chi connectivity index (χ3n) is 6.16. The highest BCUT2D eigenvalue weighted by atomic mass is 19.1. The quantitative estimate of drug-likeness (QED) is 0.455. The molecule has 3 aromatic rings. The van der Waals surface area contributed by atoms with Gasteiger partial charge in [-0.25, -0.2) is 4.39 Å². The van der Waals surface area contributed by atoms with Gasteiger partial charge < -0.3 is 9.88 Å². The normalized spacial score (nSPS) is 16.3. The van der Waals surface area contributed by atoms with Crippen molar-refractivity contribution in [1.82, 2.24) is 9.88 Å². The molecule has 0 spiro atoms. The zero-order valence-electron chi connectivity index (χ0n) is 17.8. The standard InChI is InChI=1S/C27H29FN2/c1-4-27(20(3)16-19(2)21-8-6-5-7-9-21)30-14-12-22(13-15-30)25-18-29-26-17-23(28)10-11-24(25)26/h4-11,16-18,22,29H,2,12-15H2,1,3H3/b20-16+,27-4-. The third kappa shape index (κ3) is 4.11. The number of aromatic nitrogens is 1. The van der Waals surface area contributed by atoms with E-state index >= 15 is 0 Å². The molecule has 0 unspecified atom stereocenters. The van der Waals surface area contributed by atoms with Crippen molar-refractivity contribution in [3.8, 4) is 0 Å². The van der Waals surface area contributed by atoms with E-state index in [4.69, 9.17) is 0 Å². The molecule has 0 bridgehead atoms. The summed E-state index contributed by atoms with van der Waals surface area (Å²) in [5.74, 6) is 0.310. The van der Waals surface area contributed by atoms with Gasteiger partial charge in [0.15, 0.2) is 0 Å². The number of benzene rings is 2. The number of likely N-dealkylation sites (tertiary alicyclic amines) is 1. The van der Waals surface area contributed by atoms with E-state index in [0.717, 1.165) is 48.0 Å². The van der Waals surface area contributed by atoms with Gasteiger partial charge in [0, 0.05) is 35.9 Å². The first-order valence-corrected chi connectivity index (χ1v) is 10.7. The van der Waals surface area contributed by atoms with E-state index in [1.54, 1.807) is 12.1 Å². The number of allylic oxidation sites excluding steroid dienone is 4. The zero-order chi connectivity index (χ0) is 21.1. The number of hydrogen-bond acceptors (Lipinski definition) is 1. The number of fused-ring (bicyclic) bond motifs is 1. The summed E-state index contributed by atoms with van der Waals surface area (Å²) in [6.45, 7) is 10.6. The highest BCUT2D eigenvalue weighted by molar-refractivity contribution is 5.83. The molecule has 4 rings (SSSR count). The Balaban J connectivity index is 1.45. The van der Waals surface area contributed by atoms with E-state index in [1.165, 1.54) is 16.8 Å². The van der Waals surface area contributed by atoms with Gasteiger partial charge >= 0.3 is 0 Å². The maximum Gasteiger partial charge on any atom is 0.125 e. The molecule has 0 amide bonds. The van der Waals surface area contributed by atoms with Gasteiger partial charge in [-0.2, -0.15) is 0 Å². The molecule has 1 fully saturated rings. The fourth-order valence-electron chi connectivity index (χ4n) is 4.62. The first kappa shape index (κ1) is 20.2. The monoisotopic (exact) mass is 400 g/mol. The van der Waals surface area contributed by atoms with E-state index in [2.05, 4.69) is 60.8 Å². The Labute approximate surface area is 178 Å². The smallest absolute Gasteiger partial charge is 0.125 e. The van der Waals surface area contributed by atoms with E-state index in [9.17, 15) is 4.39 Å². The Morgan fingerprint density at radius 3 is 2.57 bits per heavy atom. The first-order chi connectivity index (χ1) is 14.6. The molecule has 0 saturated carbocycles. The molecule has 154 valence electrons. The van der Waals surface area contributed by atoms with Crippen LogP contribution in [0.5, 0.6) is 0 Å². The summed E-state index contributed by atoms with van der Waals surface area (Å²) in [6.07, 6.45) is 8.64. The van der Waals surface area contributed by atoms with Crippen LogP contribution in [-0.4, -0.2) is 23.0 Å². The largest absolute Gasteiger partial charge is 0.372 e. The van der Waals surface area contributed by atoms with Gasteiger partial charge in [-0.05, 0) is 79.2 Å². The van der Waals surface area contributed by atoms with Crippen LogP contribution in [0.15, 0.2) is 84.7 Å². The summed E-state index contributed by atoms with van der Waals surface area (Å²) in [7, 11) is 0. The SMILES string of the molecule is C=C(/C=C(C)/C(=C/C)N1CCC(c2c[nH]c3cc(F)ccc23)CC1)c1ccccc1. The van der Waals surface area contributed by atoms with Crippen LogP contribution in [0.25, 0.3) is 16.5 Å². The molecule has 3 heteroatoms. The number of nitrogens with one attached hydrogen (secondary N) is 1. The van der Waals surface area contributed by atoms with Gasteiger partial charge in [0.1, 0.15) is 5.82 Å². The maximum absolute atomic E-state index is 13.5. The predicted molar refractivity (Wildman–Crippen MR) is 125 cm³/mol. The lowest BCUT2D eigenvalue weighted by Gasteiger charge is -2.35. The molecular formula is C27H29FN2. The summed E-state index contributed by atoms with van der Waals surface area (Å²) in [4.78, 5) is 5.72. The van der Waals surface area contributed by atoms with Gasteiger partial charge in [-0.3, -0.25) is 0 Å². The number of H-pyrrole nitrogens is 1. The van der Waals surface area contributed by atoms with Crippen molar-refractivity contribution in [2.24, 2.45) is 0 Å². The van der Waals surface area contributed by atoms with Crippen LogP contribution < -0.4 is 0 Å². The number of hydrogen-bond donors (Lipinski definition) is 1. The highest BCUT2D eigenvalue weighted by Crippen LogP contribution is 2.35. The molecule has 1 aliphatic rings. The minimum Gasteiger partial charge on any atom is -0.372 e. The number of rotatable bonds is 5. The fraction of sp³-hybridized carbons (Fsp3) is 0.259. The van der Waals surface area contributed by atoms with E-state index in [1.807, 2.05) is 24.3 Å². The summed E-state index contributed by atoms with van der Waals surface area (Å²) in [6, 6.07) is 15.4. The minimum absolute atomic E-state index is 0.192. The second kappa shape index (κ2) is 8.74. The van der Waals surface area contributed by atoms with Crippen molar-refractivity contribution >= 4 is 16.5 Å². The lowest BCUT2D eigenvalue weighted by molar-refractivity contribution is 0.267. The molecular weight excluding hydrogens is 371 g/mol. The van der Waals surface area contributed by atoms with E-state index < -0.39 is 0 Å². The van der Waals surface area contributed by atoms with Crippen LogP contribution in [0.3, 0.4) is 0 Å². The van der Waals surface area contributed by atoms with Gasteiger partial charge in [-0.15, -0.1) is 0 Å². The van der Waals surface area contributed by atoms with Crippen LogP contribution in [-0.2, 0) is 0 Å². The molecule has 2 heterocycles. The lowest BCUT2D eigenvalue weighted by Crippen LogP contribution is -2.32. The van der Waals surface area contributed by atoms with Crippen LogP contribution in [0.2, 0.25) is 0 Å². The van der Waals surface area contributed by atoms with E-state index in [-0.39, 0.29) is 5.82 Å². The minimum atomic E-state index is -0.192. The first-order valence-electron chi connectivity index (χ1n) is 10.7. The van der Waals surface area contributed by atoms with Crippen LogP contribution in [0.4, 0.5) is 4.39 Å². The molecule has 1 aliphatic heterocycles. The Hall–Kier alpha value is -3.07. The number of nitrogens with zero attached hydrogens (tertiary/aromatic N) is 1. The molecule has 1 aromatic heterocycles. The molecule has 0 radical (unpaired) electrons. The number of halogens is 1. The Morgan fingerprint density at radius 1 is 1.13 bits per heavy atom. The maximum atomic E-state index is 13.5. The third-order valence-corrected chi connectivity index (χ3v) is 6.16. The molecule has 2 nitrogen and oxygen atoms in total. The molecule has 30 heavy (non-hydrogen) atoms. The summed E-state index contributed by atoms with van der Waals surface area (Å²) >= 11 is 0. The van der Waals surface area contributed by atoms with Gasteiger partial charge in [-0.1, -0.05) is 43.0 Å². The number of piperidine rings is 1. The lowest BCUT2D eigenvalue weighted by atomic mass is 9.88. The topological polar surface area (TPSA) is 19.0 Å². The van der Waals surface area contributed by atoms with Crippen LogP contribution in [0.1, 0.15) is 43.7 Å². The Kier molecular flexibility index (Phi) is 5.89. The molecule has 1 saturated heterocycles. The average Bonchev–Trinajstić information content (AvgIpc) is 3.18.